The zero-order chi connectivity index (χ0) is 16.4. The molecule has 0 nitrogen and oxygen atoms in total. The summed E-state index contributed by atoms with van der Waals surface area (Å²) in [6.07, 6.45) is 0.335. The predicted octanol–water partition coefficient (Wildman–Crippen LogP) is 6.74. The molecule has 0 aromatic heterocycles. The Morgan fingerprint density at radius 1 is 0.783 bits per heavy atom. The summed E-state index contributed by atoms with van der Waals surface area (Å²) in [4.78, 5) is 0. The van der Waals surface area contributed by atoms with Crippen LogP contribution in [0.2, 0.25) is 0 Å². The summed E-state index contributed by atoms with van der Waals surface area (Å²) >= 11 is 0. The van der Waals surface area contributed by atoms with Gasteiger partial charge in [-0.1, -0.05) is 56.2 Å². The van der Waals surface area contributed by atoms with Gasteiger partial charge >= 0.3 is 6.18 Å². The number of hydrogen-bond donors (Lipinski definition) is 0. The maximum absolute atomic E-state index is 12.8. The van der Waals surface area contributed by atoms with E-state index in [4.69, 9.17) is 0 Å². The minimum absolute atomic E-state index is 0.597. The normalized spacial score (nSPS) is 12.2. The van der Waals surface area contributed by atoms with Crippen molar-refractivity contribution in [2.24, 2.45) is 0 Å². The standard InChI is InChI=1S/C20H19F3/c1-2-3-4-5-14-6-10-18-15(12-14)7-8-16-13-17(20(21,22)23)9-11-19(16)18/h6-13H,2-5H2,1H3. The zero-order valence-electron chi connectivity index (χ0n) is 13.1. The Kier molecular flexibility index (Phi) is 4.29. The van der Waals surface area contributed by atoms with Gasteiger partial charge in [0.25, 0.3) is 0 Å². The highest BCUT2D eigenvalue weighted by Gasteiger charge is 2.30. The van der Waals surface area contributed by atoms with Crippen molar-refractivity contribution in [1.29, 1.82) is 0 Å². The van der Waals surface area contributed by atoms with Gasteiger partial charge in [0.2, 0.25) is 0 Å². The van der Waals surface area contributed by atoms with Gasteiger partial charge in [-0.2, -0.15) is 13.2 Å². The Hall–Kier alpha value is -2.03. The van der Waals surface area contributed by atoms with Gasteiger partial charge in [0.1, 0.15) is 0 Å². The van der Waals surface area contributed by atoms with Crippen LogP contribution in [0.3, 0.4) is 0 Å². The molecule has 0 N–H and O–H groups in total. The maximum atomic E-state index is 12.8. The van der Waals surface area contributed by atoms with Crippen LogP contribution >= 0.6 is 0 Å². The van der Waals surface area contributed by atoms with Gasteiger partial charge in [-0.3, -0.25) is 0 Å². The first-order valence-electron chi connectivity index (χ1n) is 8.01. The monoisotopic (exact) mass is 316 g/mol. The highest BCUT2D eigenvalue weighted by Crippen LogP contribution is 2.34. The third-order valence-corrected chi connectivity index (χ3v) is 4.30. The molecule has 23 heavy (non-hydrogen) atoms. The number of alkyl halides is 3. The summed E-state index contributed by atoms with van der Waals surface area (Å²) in [5, 5.41) is 3.60. The SMILES string of the molecule is CCCCCc1ccc2c(ccc3cc(C(F)(F)F)ccc32)c1. The van der Waals surface area contributed by atoms with Crippen molar-refractivity contribution in [3.8, 4) is 0 Å². The van der Waals surface area contributed by atoms with Gasteiger partial charge < -0.3 is 0 Å². The molecule has 0 radical (unpaired) electrons. The van der Waals surface area contributed by atoms with E-state index in [0.29, 0.717) is 5.39 Å². The fraction of sp³-hybridized carbons (Fsp3) is 0.300. The second-order valence-corrected chi connectivity index (χ2v) is 6.01. The third-order valence-electron chi connectivity index (χ3n) is 4.30. The molecular weight excluding hydrogens is 297 g/mol. The van der Waals surface area contributed by atoms with E-state index in [1.54, 1.807) is 12.1 Å². The number of unbranched alkanes of at least 4 members (excludes halogenated alkanes) is 2. The minimum Gasteiger partial charge on any atom is -0.166 e. The average Bonchev–Trinajstić information content (AvgIpc) is 2.53. The first-order chi connectivity index (χ1) is 11.0. The van der Waals surface area contributed by atoms with Gasteiger partial charge in [-0.15, -0.1) is 0 Å². The Morgan fingerprint density at radius 3 is 2.09 bits per heavy atom. The van der Waals surface area contributed by atoms with Gasteiger partial charge in [-0.05, 0) is 52.1 Å². The van der Waals surface area contributed by atoms with Crippen LogP contribution in [0.25, 0.3) is 21.5 Å². The van der Waals surface area contributed by atoms with E-state index in [9.17, 15) is 13.2 Å². The van der Waals surface area contributed by atoms with E-state index >= 15 is 0 Å². The molecule has 0 saturated heterocycles. The van der Waals surface area contributed by atoms with Crippen LogP contribution in [-0.2, 0) is 12.6 Å². The van der Waals surface area contributed by atoms with Crippen molar-refractivity contribution in [2.45, 2.75) is 38.8 Å². The molecule has 0 unspecified atom stereocenters. The molecule has 0 spiro atoms. The highest BCUT2D eigenvalue weighted by molar-refractivity contribution is 6.07. The Labute approximate surface area is 133 Å². The largest absolute Gasteiger partial charge is 0.416 e. The molecule has 0 atom stereocenters. The van der Waals surface area contributed by atoms with Crippen LogP contribution in [0.5, 0.6) is 0 Å². The fourth-order valence-electron chi connectivity index (χ4n) is 3.03. The van der Waals surface area contributed by atoms with Crippen molar-refractivity contribution in [1.82, 2.24) is 0 Å². The summed E-state index contributed by atoms with van der Waals surface area (Å²) in [6.45, 7) is 2.18. The van der Waals surface area contributed by atoms with E-state index in [1.165, 1.54) is 30.9 Å². The average molecular weight is 316 g/mol. The molecule has 3 aromatic carbocycles. The number of rotatable bonds is 4. The van der Waals surface area contributed by atoms with Crippen molar-refractivity contribution in [3.05, 3.63) is 59.7 Å². The number of hydrogen-bond acceptors (Lipinski definition) is 0. The number of halogens is 3. The molecular formula is C20H19F3. The van der Waals surface area contributed by atoms with Gasteiger partial charge in [0, 0.05) is 0 Å². The molecule has 0 aliphatic rings. The number of aryl methyl sites for hydroxylation is 1. The van der Waals surface area contributed by atoms with Gasteiger partial charge in [-0.25, -0.2) is 0 Å². The second-order valence-electron chi connectivity index (χ2n) is 6.01. The summed E-state index contributed by atoms with van der Waals surface area (Å²) in [5.74, 6) is 0. The Morgan fingerprint density at radius 2 is 1.43 bits per heavy atom. The molecule has 0 bridgehead atoms. The van der Waals surface area contributed by atoms with E-state index in [2.05, 4.69) is 19.1 Å². The molecule has 0 saturated carbocycles. The first-order valence-corrected chi connectivity index (χ1v) is 8.01. The third kappa shape index (κ3) is 3.34. The van der Waals surface area contributed by atoms with Gasteiger partial charge in [0.05, 0.1) is 5.56 Å². The minimum atomic E-state index is -4.30. The molecule has 0 aliphatic carbocycles. The van der Waals surface area contributed by atoms with Crippen LogP contribution in [0.15, 0.2) is 48.5 Å². The molecule has 0 aliphatic heterocycles. The van der Waals surface area contributed by atoms with Crippen molar-refractivity contribution in [3.63, 3.8) is 0 Å². The molecule has 120 valence electrons. The highest BCUT2D eigenvalue weighted by atomic mass is 19.4. The van der Waals surface area contributed by atoms with Gasteiger partial charge in [0.15, 0.2) is 0 Å². The molecule has 3 heteroatoms. The molecule has 0 heterocycles. The zero-order valence-corrected chi connectivity index (χ0v) is 13.1. The molecule has 3 rings (SSSR count). The smallest absolute Gasteiger partial charge is 0.166 e. The quantitative estimate of drug-likeness (QED) is 0.369. The van der Waals surface area contributed by atoms with Crippen molar-refractivity contribution < 1.29 is 13.2 Å². The lowest BCUT2D eigenvalue weighted by Crippen LogP contribution is -2.04. The van der Waals surface area contributed by atoms with Crippen LogP contribution in [0.1, 0.15) is 37.3 Å². The second kappa shape index (κ2) is 6.23. The van der Waals surface area contributed by atoms with Crippen LogP contribution in [0.4, 0.5) is 13.2 Å². The summed E-state index contributed by atoms with van der Waals surface area (Å²) in [6, 6.07) is 13.9. The van der Waals surface area contributed by atoms with Crippen LogP contribution in [0, 0.1) is 0 Å². The van der Waals surface area contributed by atoms with E-state index < -0.39 is 11.7 Å². The Bertz CT molecular complexity index is 831. The van der Waals surface area contributed by atoms with Crippen molar-refractivity contribution >= 4 is 21.5 Å². The number of fused-ring (bicyclic) bond motifs is 3. The fourth-order valence-corrected chi connectivity index (χ4v) is 3.03. The van der Waals surface area contributed by atoms with E-state index in [-0.39, 0.29) is 0 Å². The van der Waals surface area contributed by atoms with Crippen molar-refractivity contribution in [2.75, 3.05) is 0 Å². The molecule has 0 fully saturated rings. The first kappa shape index (κ1) is 15.9. The van der Waals surface area contributed by atoms with E-state index in [0.717, 1.165) is 28.6 Å². The number of benzene rings is 3. The lowest BCUT2D eigenvalue weighted by atomic mass is 9.97. The topological polar surface area (TPSA) is 0 Å². The van der Waals surface area contributed by atoms with E-state index in [1.807, 2.05) is 12.1 Å². The lowest BCUT2D eigenvalue weighted by molar-refractivity contribution is -0.137. The van der Waals surface area contributed by atoms with Crippen LogP contribution < -0.4 is 0 Å². The maximum Gasteiger partial charge on any atom is 0.416 e. The molecule has 3 aromatic rings. The summed E-state index contributed by atoms with van der Waals surface area (Å²) in [7, 11) is 0. The Balaban J connectivity index is 2.02. The predicted molar refractivity (Wildman–Crippen MR) is 89.7 cm³/mol. The summed E-state index contributed by atoms with van der Waals surface area (Å²) < 4.78 is 38.5. The lowest BCUT2D eigenvalue weighted by Gasteiger charge is -2.10. The summed E-state index contributed by atoms with van der Waals surface area (Å²) in [5.41, 5.74) is 0.692. The van der Waals surface area contributed by atoms with Crippen LogP contribution in [-0.4, -0.2) is 0 Å². The molecule has 0 amide bonds.